The summed E-state index contributed by atoms with van der Waals surface area (Å²) in [6.45, 7) is 34.0. The Kier molecular flexibility index (Phi) is 11.7. The van der Waals surface area contributed by atoms with Gasteiger partial charge >= 0.3 is 0 Å². The summed E-state index contributed by atoms with van der Waals surface area (Å²) in [5, 5.41) is 14.0. The summed E-state index contributed by atoms with van der Waals surface area (Å²) in [4.78, 5) is 10.7. The number of hydrogen-bond acceptors (Lipinski definition) is 3. The van der Waals surface area contributed by atoms with Gasteiger partial charge in [-0.05, 0) is 109 Å². The van der Waals surface area contributed by atoms with Crippen molar-refractivity contribution in [2.24, 2.45) is 0 Å². The highest BCUT2D eigenvalue weighted by atomic mass is 28.3. The average Bonchev–Trinajstić information content (AvgIpc) is 3.64. The van der Waals surface area contributed by atoms with E-state index >= 15 is 0 Å². The van der Waals surface area contributed by atoms with Crippen molar-refractivity contribution in [3.05, 3.63) is 162 Å². The van der Waals surface area contributed by atoms with E-state index in [1.807, 2.05) is 6.20 Å². The molecule has 0 unspecified atom stereocenters. The predicted molar refractivity (Wildman–Crippen MR) is 285 cm³/mol. The van der Waals surface area contributed by atoms with E-state index in [2.05, 4.69) is 241 Å². The summed E-state index contributed by atoms with van der Waals surface area (Å²) >= 11 is 0. The van der Waals surface area contributed by atoms with Crippen LogP contribution in [0.2, 0.25) is 19.6 Å². The number of fused-ring (bicyclic) bond motifs is 1. The first-order chi connectivity index (χ1) is 30.8. The van der Waals surface area contributed by atoms with Crippen LogP contribution in [0.3, 0.4) is 0 Å². The molecule has 0 aliphatic carbocycles. The van der Waals surface area contributed by atoms with E-state index in [1.165, 1.54) is 21.9 Å². The SMILES string of the molecule is CC(C)(C)c1cc(-c2cc(-c3ccc([Si](C)(C)C)cc3)ccn2)cc(-c2cccc3c2nc(-c2cc(C(C)(C)C)cc(C(C)(C)C)c2O)n3-c2ccc(C(C)(C)C)cc2-c2ccccc2)c1. The Hall–Kier alpha value is -6.04. The fourth-order valence-corrected chi connectivity index (χ4v) is 10.1. The van der Waals surface area contributed by atoms with Gasteiger partial charge < -0.3 is 5.11 Å². The van der Waals surface area contributed by atoms with Crippen LogP contribution < -0.4 is 5.19 Å². The molecular formula is C61H69N3OSi. The quantitative estimate of drug-likeness (QED) is 0.162. The van der Waals surface area contributed by atoms with Gasteiger partial charge in [-0.1, -0.05) is 193 Å². The lowest BCUT2D eigenvalue weighted by Gasteiger charge is -2.28. The van der Waals surface area contributed by atoms with Gasteiger partial charge in [0.2, 0.25) is 0 Å². The molecule has 0 aliphatic heterocycles. The number of benzene rings is 6. The highest BCUT2D eigenvalue weighted by molar-refractivity contribution is 6.88. The maximum absolute atomic E-state index is 12.6. The monoisotopic (exact) mass is 888 g/mol. The van der Waals surface area contributed by atoms with Crippen LogP contribution in [-0.2, 0) is 21.7 Å². The minimum absolute atomic E-state index is 0.0710. The van der Waals surface area contributed by atoms with Crippen LogP contribution in [0.1, 0.15) is 105 Å². The number of nitrogens with zero attached hydrogens (tertiary/aromatic N) is 3. The van der Waals surface area contributed by atoms with Crippen molar-refractivity contribution in [1.29, 1.82) is 0 Å². The lowest BCUT2D eigenvalue weighted by molar-refractivity contribution is 0.446. The molecule has 0 bridgehead atoms. The largest absolute Gasteiger partial charge is 0.507 e. The van der Waals surface area contributed by atoms with Crippen LogP contribution in [0.25, 0.3) is 72.7 Å². The van der Waals surface area contributed by atoms with Gasteiger partial charge in [-0.15, -0.1) is 0 Å². The first kappa shape index (κ1) is 46.5. The molecule has 0 fully saturated rings. The summed E-state index contributed by atoms with van der Waals surface area (Å²) in [6.07, 6.45) is 1.94. The Morgan fingerprint density at radius 1 is 0.470 bits per heavy atom. The molecule has 6 aromatic carbocycles. The summed E-state index contributed by atoms with van der Waals surface area (Å²) in [6, 6.07) is 48.8. The van der Waals surface area contributed by atoms with Crippen LogP contribution in [0, 0.1) is 0 Å². The Morgan fingerprint density at radius 2 is 1.09 bits per heavy atom. The summed E-state index contributed by atoms with van der Waals surface area (Å²) in [5.41, 5.74) is 16.0. The Balaban J connectivity index is 1.43. The topological polar surface area (TPSA) is 50.9 Å². The molecule has 0 radical (unpaired) electrons. The van der Waals surface area contributed by atoms with Gasteiger partial charge in [0.25, 0.3) is 0 Å². The number of rotatable bonds is 7. The Bertz CT molecular complexity index is 3080. The molecular weight excluding hydrogens is 819 g/mol. The molecule has 0 atom stereocenters. The van der Waals surface area contributed by atoms with E-state index in [4.69, 9.17) is 9.97 Å². The van der Waals surface area contributed by atoms with Crippen molar-refractivity contribution in [3.63, 3.8) is 0 Å². The molecule has 0 amide bonds. The van der Waals surface area contributed by atoms with Gasteiger partial charge in [-0.3, -0.25) is 9.55 Å². The highest BCUT2D eigenvalue weighted by Crippen LogP contribution is 2.46. The zero-order valence-corrected chi connectivity index (χ0v) is 43.1. The molecule has 4 nitrogen and oxygen atoms in total. The van der Waals surface area contributed by atoms with E-state index in [-0.39, 0.29) is 27.4 Å². The number of hydrogen-bond donors (Lipinski definition) is 1. The predicted octanol–water partition coefficient (Wildman–Crippen LogP) is 16.2. The second-order valence-electron chi connectivity index (χ2n) is 23.5. The smallest absolute Gasteiger partial charge is 0.149 e. The molecule has 2 aromatic heterocycles. The third-order valence-electron chi connectivity index (χ3n) is 13.1. The minimum atomic E-state index is -1.43. The highest BCUT2D eigenvalue weighted by Gasteiger charge is 2.30. The molecule has 0 spiro atoms. The molecule has 5 heteroatoms. The first-order valence-electron chi connectivity index (χ1n) is 23.6. The number of phenolic OH excluding ortho intramolecular Hbond substituents is 1. The molecule has 0 aliphatic rings. The zero-order chi connectivity index (χ0) is 47.7. The van der Waals surface area contributed by atoms with E-state index in [0.717, 1.165) is 72.5 Å². The van der Waals surface area contributed by atoms with E-state index in [9.17, 15) is 5.11 Å². The maximum atomic E-state index is 12.6. The fraction of sp³-hybridized carbons (Fsp3) is 0.311. The van der Waals surface area contributed by atoms with E-state index in [1.54, 1.807) is 0 Å². The van der Waals surface area contributed by atoms with Crippen molar-refractivity contribution in [2.75, 3.05) is 0 Å². The number of aromatic hydroxyl groups is 1. The molecule has 8 aromatic rings. The Labute approximate surface area is 395 Å². The van der Waals surface area contributed by atoms with Crippen molar-refractivity contribution in [2.45, 2.75) is 124 Å². The van der Waals surface area contributed by atoms with E-state index in [0.29, 0.717) is 5.82 Å². The zero-order valence-electron chi connectivity index (χ0n) is 42.1. The number of phenols is 1. The van der Waals surface area contributed by atoms with Crippen LogP contribution in [-0.4, -0.2) is 27.7 Å². The Morgan fingerprint density at radius 3 is 1.71 bits per heavy atom. The van der Waals surface area contributed by atoms with Crippen molar-refractivity contribution < 1.29 is 5.11 Å². The van der Waals surface area contributed by atoms with Crippen LogP contribution in [0.4, 0.5) is 0 Å². The summed E-state index contributed by atoms with van der Waals surface area (Å²) < 4.78 is 2.30. The number of para-hydroxylation sites is 1. The fourth-order valence-electron chi connectivity index (χ4n) is 8.91. The third-order valence-corrected chi connectivity index (χ3v) is 15.2. The molecule has 1 N–H and O–H groups in total. The van der Waals surface area contributed by atoms with Gasteiger partial charge in [-0.25, -0.2) is 4.98 Å². The third kappa shape index (κ3) is 9.20. The van der Waals surface area contributed by atoms with Crippen molar-refractivity contribution in [1.82, 2.24) is 14.5 Å². The van der Waals surface area contributed by atoms with Gasteiger partial charge in [0.15, 0.2) is 0 Å². The van der Waals surface area contributed by atoms with Crippen LogP contribution in [0.5, 0.6) is 5.75 Å². The molecule has 338 valence electrons. The van der Waals surface area contributed by atoms with Gasteiger partial charge in [0.05, 0.1) is 36.1 Å². The van der Waals surface area contributed by atoms with Gasteiger partial charge in [-0.2, -0.15) is 0 Å². The second-order valence-corrected chi connectivity index (χ2v) is 28.6. The van der Waals surface area contributed by atoms with Crippen molar-refractivity contribution in [3.8, 4) is 67.5 Å². The standard InChI is InChI=1S/C61H69N3OSi/c1-58(2,3)44-26-29-53(49(36-44)40-20-17-16-18-21-40)64-54-23-19-22-48(55(54)63-57(64)50-37-46(60(7,8)9)38-51(56(50)65)61(10,11)12)42-32-43(34-45(33-42)59(4,5)6)52-35-41(30-31-62-52)39-24-27-47(28-25-39)66(13,14)15/h16-38,65H,1-15H3. The lowest BCUT2D eigenvalue weighted by Crippen LogP contribution is -2.37. The second kappa shape index (κ2) is 16.7. The summed E-state index contributed by atoms with van der Waals surface area (Å²) in [5.74, 6) is 0.966. The van der Waals surface area contributed by atoms with Crippen molar-refractivity contribution >= 4 is 24.3 Å². The van der Waals surface area contributed by atoms with E-state index < -0.39 is 8.07 Å². The van der Waals surface area contributed by atoms with Gasteiger partial charge in [0.1, 0.15) is 11.6 Å². The molecule has 0 saturated heterocycles. The van der Waals surface area contributed by atoms with Crippen LogP contribution >= 0.6 is 0 Å². The summed E-state index contributed by atoms with van der Waals surface area (Å²) in [7, 11) is -1.43. The molecule has 2 heterocycles. The number of pyridine rings is 1. The molecule has 8 rings (SSSR count). The first-order valence-corrected chi connectivity index (χ1v) is 27.1. The number of aromatic nitrogens is 3. The molecule has 66 heavy (non-hydrogen) atoms. The molecule has 0 saturated carbocycles. The average molecular weight is 888 g/mol. The van der Waals surface area contributed by atoms with Gasteiger partial charge in [0, 0.05) is 28.5 Å². The maximum Gasteiger partial charge on any atom is 0.149 e. The lowest BCUT2D eigenvalue weighted by atomic mass is 9.79. The number of imidazole rings is 1. The minimum Gasteiger partial charge on any atom is -0.507 e. The normalized spacial score (nSPS) is 12.8. The van der Waals surface area contributed by atoms with Crippen LogP contribution in [0.15, 0.2) is 140 Å².